The molecule has 0 saturated heterocycles. The first-order valence-corrected chi connectivity index (χ1v) is 9.18. The summed E-state index contributed by atoms with van der Waals surface area (Å²) in [7, 11) is 0. The van der Waals surface area contributed by atoms with Crippen LogP contribution in [-0.2, 0) is 13.1 Å². The van der Waals surface area contributed by atoms with Crippen molar-refractivity contribution in [1.29, 1.82) is 0 Å². The van der Waals surface area contributed by atoms with E-state index in [0.29, 0.717) is 30.3 Å². The van der Waals surface area contributed by atoms with Gasteiger partial charge in [-0.05, 0) is 37.6 Å². The van der Waals surface area contributed by atoms with Crippen molar-refractivity contribution in [3.05, 3.63) is 95.1 Å². The topological polar surface area (TPSA) is 63.4 Å². The minimum Gasteiger partial charge on any atom is -0.327 e. The van der Waals surface area contributed by atoms with Gasteiger partial charge in [0.1, 0.15) is 0 Å². The molecule has 6 heteroatoms. The lowest BCUT2D eigenvalue weighted by Crippen LogP contribution is -2.30. The number of hydrogen-bond donors (Lipinski definition) is 0. The summed E-state index contributed by atoms with van der Waals surface area (Å²) in [5, 5.41) is 4.56. The van der Waals surface area contributed by atoms with Crippen LogP contribution in [-0.4, -0.2) is 30.4 Å². The highest BCUT2D eigenvalue weighted by atomic mass is 16.2. The summed E-state index contributed by atoms with van der Waals surface area (Å²) in [6, 6.07) is 21.2. The summed E-state index contributed by atoms with van der Waals surface area (Å²) in [5.41, 5.74) is 3.56. The first-order chi connectivity index (χ1) is 13.6. The molecule has 0 saturated carbocycles. The molecule has 4 aromatic rings. The molecule has 0 N–H and O–H groups in total. The van der Waals surface area contributed by atoms with Crippen molar-refractivity contribution >= 4 is 11.7 Å². The van der Waals surface area contributed by atoms with Crippen molar-refractivity contribution in [3.63, 3.8) is 0 Å². The van der Waals surface area contributed by atoms with Crippen LogP contribution in [0.25, 0.3) is 5.78 Å². The van der Waals surface area contributed by atoms with E-state index in [4.69, 9.17) is 0 Å². The van der Waals surface area contributed by atoms with Gasteiger partial charge < -0.3 is 4.90 Å². The summed E-state index contributed by atoms with van der Waals surface area (Å²) in [6.07, 6.45) is 0. The van der Waals surface area contributed by atoms with E-state index in [1.165, 1.54) is 0 Å². The molecule has 0 aliphatic carbocycles. The van der Waals surface area contributed by atoms with E-state index < -0.39 is 0 Å². The van der Waals surface area contributed by atoms with Gasteiger partial charge >= 0.3 is 0 Å². The molecule has 140 valence electrons. The summed E-state index contributed by atoms with van der Waals surface area (Å²) in [6.45, 7) is 4.69. The predicted octanol–water partition coefficient (Wildman–Crippen LogP) is 3.58. The fourth-order valence-electron chi connectivity index (χ4n) is 3.21. The highest BCUT2D eigenvalue weighted by molar-refractivity contribution is 5.94. The Hall–Kier alpha value is -3.54. The van der Waals surface area contributed by atoms with Crippen molar-refractivity contribution < 1.29 is 4.79 Å². The van der Waals surface area contributed by atoms with Crippen LogP contribution in [0.2, 0.25) is 0 Å². The third-order valence-corrected chi connectivity index (χ3v) is 4.52. The molecule has 28 heavy (non-hydrogen) atoms. The lowest BCUT2D eigenvalue weighted by molar-refractivity contribution is 0.0725. The number of amides is 1. The molecule has 0 spiro atoms. The molecule has 6 nitrogen and oxygen atoms in total. The van der Waals surface area contributed by atoms with Crippen molar-refractivity contribution in [3.8, 4) is 0 Å². The Labute approximate surface area is 163 Å². The summed E-state index contributed by atoms with van der Waals surface area (Å²) < 4.78 is 1.72. The molecular weight excluding hydrogens is 350 g/mol. The largest absolute Gasteiger partial charge is 0.327 e. The molecule has 0 radical (unpaired) electrons. The van der Waals surface area contributed by atoms with Crippen LogP contribution in [0.15, 0.2) is 66.7 Å². The zero-order chi connectivity index (χ0) is 19.5. The summed E-state index contributed by atoms with van der Waals surface area (Å²) >= 11 is 0. The second kappa shape index (κ2) is 7.60. The Kier molecular flexibility index (Phi) is 4.85. The molecule has 0 fully saturated rings. The van der Waals surface area contributed by atoms with Crippen molar-refractivity contribution in [2.24, 2.45) is 0 Å². The van der Waals surface area contributed by atoms with E-state index >= 15 is 0 Å². The number of aromatic nitrogens is 4. The third kappa shape index (κ3) is 3.76. The van der Waals surface area contributed by atoms with Crippen LogP contribution in [0.3, 0.4) is 0 Å². The zero-order valence-corrected chi connectivity index (χ0v) is 15.9. The number of carbonyl (C=O) groups is 1. The number of nitrogens with zero attached hydrogens (tertiary/aromatic N) is 5. The van der Waals surface area contributed by atoms with Gasteiger partial charge in [-0.25, -0.2) is 9.50 Å². The number of hydrogen-bond acceptors (Lipinski definition) is 4. The van der Waals surface area contributed by atoms with Crippen LogP contribution in [0.1, 0.15) is 33.1 Å². The molecule has 2 heterocycles. The minimum absolute atomic E-state index is 0.0517. The van der Waals surface area contributed by atoms with Crippen molar-refractivity contribution in [2.45, 2.75) is 26.9 Å². The molecule has 1 amide bonds. The molecule has 4 rings (SSSR count). The minimum atomic E-state index is -0.0517. The Balaban J connectivity index is 1.67. The maximum absolute atomic E-state index is 13.1. The van der Waals surface area contributed by atoms with E-state index in [-0.39, 0.29) is 5.91 Å². The van der Waals surface area contributed by atoms with Crippen molar-refractivity contribution in [2.75, 3.05) is 0 Å². The lowest BCUT2D eigenvalue weighted by Gasteiger charge is -2.21. The monoisotopic (exact) mass is 371 g/mol. The Bertz CT molecular complexity index is 1110. The van der Waals surface area contributed by atoms with Gasteiger partial charge in [0.15, 0.2) is 5.82 Å². The normalized spacial score (nSPS) is 10.9. The van der Waals surface area contributed by atoms with E-state index in [1.54, 1.807) is 9.42 Å². The van der Waals surface area contributed by atoms with Crippen molar-refractivity contribution in [1.82, 2.24) is 24.5 Å². The molecule has 0 bridgehead atoms. The highest BCUT2D eigenvalue weighted by Crippen LogP contribution is 2.14. The average molecular weight is 371 g/mol. The Morgan fingerprint density at radius 1 is 0.929 bits per heavy atom. The Morgan fingerprint density at radius 2 is 1.61 bits per heavy atom. The molecule has 0 atom stereocenters. The molecule has 2 aromatic heterocycles. The van der Waals surface area contributed by atoms with Crippen LogP contribution in [0, 0.1) is 13.8 Å². The zero-order valence-electron chi connectivity index (χ0n) is 15.9. The summed E-state index contributed by atoms with van der Waals surface area (Å²) in [5.74, 6) is 1.07. The van der Waals surface area contributed by atoms with Gasteiger partial charge in [0.2, 0.25) is 0 Å². The van der Waals surface area contributed by atoms with Gasteiger partial charge in [0.25, 0.3) is 11.7 Å². The number of fused-ring (bicyclic) bond motifs is 1. The quantitative estimate of drug-likeness (QED) is 0.538. The number of aryl methyl sites for hydroxylation is 2. The standard InChI is InChI=1S/C22H21N5O/c1-16-13-17(2)27-22(23-16)24-20(25-27)15-26(14-18-9-5-3-6-10-18)21(28)19-11-7-4-8-12-19/h3-13H,14-15H2,1-2H3. The highest BCUT2D eigenvalue weighted by Gasteiger charge is 2.19. The molecular formula is C22H21N5O. The van der Waals surface area contributed by atoms with E-state index in [9.17, 15) is 4.79 Å². The fourth-order valence-corrected chi connectivity index (χ4v) is 3.21. The molecule has 0 unspecified atom stereocenters. The van der Waals surface area contributed by atoms with Gasteiger partial charge in [-0.15, -0.1) is 5.10 Å². The smallest absolute Gasteiger partial charge is 0.254 e. The van der Waals surface area contributed by atoms with Crippen LogP contribution in [0.4, 0.5) is 0 Å². The summed E-state index contributed by atoms with van der Waals surface area (Å²) in [4.78, 5) is 23.9. The molecule has 2 aromatic carbocycles. The number of carbonyl (C=O) groups excluding carboxylic acids is 1. The van der Waals surface area contributed by atoms with Gasteiger partial charge in [-0.2, -0.15) is 4.98 Å². The number of benzene rings is 2. The molecule has 0 aliphatic heterocycles. The maximum atomic E-state index is 13.1. The van der Waals surface area contributed by atoms with Crippen LogP contribution in [0.5, 0.6) is 0 Å². The first kappa shape index (κ1) is 17.9. The maximum Gasteiger partial charge on any atom is 0.254 e. The van der Waals surface area contributed by atoms with E-state index in [0.717, 1.165) is 17.0 Å². The van der Waals surface area contributed by atoms with Gasteiger partial charge in [0, 0.05) is 23.5 Å². The number of rotatable bonds is 5. The van der Waals surface area contributed by atoms with E-state index in [2.05, 4.69) is 15.1 Å². The second-order valence-electron chi connectivity index (χ2n) is 6.79. The molecule has 0 aliphatic rings. The van der Waals surface area contributed by atoms with E-state index in [1.807, 2.05) is 80.6 Å². The SMILES string of the molecule is Cc1cc(C)n2nc(CN(Cc3ccccc3)C(=O)c3ccccc3)nc2n1. The fraction of sp³-hybridized carbons (Fsp3) is 0.182. The van der Waals surface area contributed by atoms with Crippen LogP contribution < -0.4 is 0 Å². The average Bonchev–Trinajstić information content (AvgIpc) is 3.11. The predicted molar refractivity (Wildman–Crippen MR) is 107 cm³/mol. The third-order valence-electron chi connectivity index (χ3n) is 4.52. The first-order valence-electron chi connectivity index (χ1n) is 9.18. The van der Waals surface area contributed by atoms with Gasteiger partial charge in [-0.3, -0.25) is 4.79 Å². The van der Waals surface area contributed by atoms with Crippen LogP contribution >= 0.6 is 0 Å². The Morgan fingerprint density at radius 3 is 2.32 bits per heavy atom. The van der Waals surface area contributed by atoms with Gasteiger partial charge in [0.05, 0.1) is 6.54 Å². The lowest BCUT2D eigenvalue weighted by atomic mass is 10.1. The second-order valence-corrected chi connectivity index (χ2v) is 6.79. The van der Waals surface area contributed by atoms with Gasteiger partial charge in [-0.1, -0.05) is 48.5 Å².